The molecule has 0 aromatic rings. The molecule has 0 aliphatic carbocycles. The fourth-order valence-corrected chi connectivity index (χ4v) is 3.01. The molecule has 0 spiro atoms. The molecule has 0 aromatic heterocycles. The van der Waals surface area contributed by atoms with E-state index in [2.05, 4.69) is 34.6 Å². The van der Waals surface area contributed by atoms with E-state index in [1.807, 2.05) is 6.92 Å². The first-order valence-electron chi connectivity index (χ1n) is 6.17. The zero-order chi connectivity index (χ0) is 12.6. The smallest absolute Gasteiger partial charge is 0.0681 e. The lowest BCUT2D eigenvalue weighted by molar-refractivity contribution is -0.0853. The normalized spacial score (nSPS) is 31.3. The lowest BCUT2D eigenvalue weighted by atomic mass is 9.74. The van der Waals surface area contributed by atoms with E-state index in [1.54, 1.807) is 0 Å². The first-order valence-corrected chi connectivity index (χ1v) is 6.17. The van der Waals surface area contributed by atoms with E-state index in [0.29, 0.717) is 19.1 Å². The second-order valence-electron chi connectivity index (χ2n) is 6.36. The van der Waals surface area contributed by atoms with Gasteiger partial charge in [0.15, 0.2) is 0 Å². The molecule has 0 radical (unpaired) electrons. The summed E-state index contributed by atoms with van der Waals surface area (Å²) in [7, 11) is 0. The van der Waals surface area contributed by atoms with E-state index in [0.717, 1.165) is 6.42 Å². The first kappa shape index (κ1) is 13.9. The second-order valence-corrected chi connectivity index (χ2v) is 6.36. The summed E-state index contributed by atoms with van der Waals surface area (Å²) in [6.07, 6.45) is 0.986. The molecule has 1 aliphatic rings. The van der Waals surface area contributed by atoms with Gasteiger partial charge in [-0.15, -0.1) is 0 Å². The Morgan fingerprint density at radius 2 is 1.94 bits per heavy atom. The van der Waals surface area contributed by atoms with Crippen LogP contribution in [0.3, 0.4) is 0 Å². The minimum Gasteiger partial charge on any atom is -0.380 e. The number of ether oxygens (including phenoxy) is 2. The van der Waals surface area contributed by atoms with Crippen LogP contribution in [0.25, 0.3) is 0 Å². The van der Waals surface area contributed by atoms with Crippen molar-refractivity contribution >= 4 is 0 Å². The SMILES string of the molecule is CCOCC(C)(N)C1CC(C)(C)OC1(C)C. The van der Waals surface area contributed by atoms with Gasteiger partial charge >= 0.3 is 0 Å². The molecule has 0 bridgehead atoms. The largest absolute Gasteiger partial charge is 0.380 e. The Balaban J connectivity index is 2.79. The second kappa shape index (κ2) is 4.28. The average molecular weight is 229 g/mol. The van der Waals surface area contributed by atoms with Crippen LogP contribution >= 0.6 is 0 Å². The molecule has 1 saturated heterocycles. The maximum absolute atomic E-state index is 6.40. The van der Waals surface area contributed by atoms with Crippen molar-refractivity contribution in [2.24, 2.45) is 11.7 Å². The predicted octanol–water partition coefficient (Wildman–Crippen LogP) is 2.33. The Morgan fingerprint density at radius 1 is 1.38 bits per heavy atom. The van der Waals surface area contributed by atoms with Gasteiger partial charge in [-0.1, -0.05) is 0 Å². The molecule has 1 aliphatic heterocycles. The van der Waals surface area contributed by atoms with Crippen molar-refractivity contribution in [2.75, 3.05) is 13.2 Å². The molecular formula is C13H27NO2. The van der Waals surface area contributed by atoms with E-state index in [-0.39, 0.29) is 16.7 Å². The van der Waals surface area contributed by atoms with Gasteiger partial charge in [0.2, 0.25) is 0 Å². The Morgan fingerprint density at radius 3 is 2.31 bits per heavy atom. The maximum Gasteiger partial charge on any atom is 0.0681 e. The highest BCUT2D eigenvalue weighted by atomic mass is 16.5. The van der Waals surface area contributed by atoms with Gasteiger partial charge in [-0.2, -0.15) is 0 Å². The molecule has 3 heteroatoms. The van der Waals surface area contributed by atoms with E-state index < -0.39 is 0 Å². The van der Waals surface area contributed by atoms with Crippen LogP contribution < -0.4 is 5.73 Å². The van der Waals surface area contributed by atoms with Crippen LogP contribution in [-0.2, 0) is 9.47 Å². The summed E-state index contributed by atoms with van der Waals surface area (Å²) in [6, 6.07) is 0. The highest BCUT2D eigenvalue weighted by molar-refractivity contribution is 5.04. The van der Waals surface area contributed by atoms with E-state index >= 15 is 0 Å². The van der Waals surface area contributed by atoms with E-state index in [1.165, 1.54) is 0 Å². The van der Waals surface area contributed by atoms with Crippen LogP contribution in [0.2, 0.25) is 0 Å². The Labute approximate surface area is 99.7 Å². The van der Waals surface area contributed by atoms with Crippen LogP contribution in [0.4, 0.5) is 0 Å². The maximum atomic E-state index is 6.40. The number of hydrogen-bond donors (Lipinski definition) is 1. The van der Waals surface area contributed by atoms with Gasteiger partial charge in [-0.25, -0.2) is 0 Å². The van der Waals surface area contributed by atoms with Crippen LogP contribution in [0.1, 0.15) is 48.0 Å². The van der Waals surface area contributed by atoms with Crippen LogP contribution in [0.5, 0.6) is 0 Å². The number of rotatable bonds is 4. The molecule has 0 aromatic carbocycles. The van der Waals surface area contributed by atoms with Gasteiger partial charge in [-0.3, -0.25) is 0 Å². The molecular weight excluding hydrogens is 202 g/mol. The van der Waals surface area contributed by atoms with E-state index in [4.69, 9.17) is 15.2 Å². The van der Waals surface area contributed by atoms with Gasteiger partial charge < -0.3 is 15.2 Å². The summed E-state index contributed by atoms with van der Waals surface area (Å²) in [6.45, 7) is 13.9. The minimum absolute atomic E-state index is 0.0823. The summed E-state index contributed by atoms with van der Waals surface area (Å²) < 4.78 is 11.6. The van der Waals surface area contributed by atoms with Crippen LogP contribution in [0, 0.1) is 5.92 Å². The molecule has 96 valence electrons. The zero-order valence-electron chi connectivity index (χ0n) is 11.6. The monoisotopic (exact) mass is 229 g/mol. The van der Waals surface area contributed by atoms with Crippen LogP contribution in [0.15, 0.2) is 0 Å². The molecule has 2 N–H and O–H groups in total. The van der Waals surface area contributed by atoms with Gasteiger partial charge in [0.05, 0.1) is 17.8 Å². The highest BCUT2D eigenvalue weighted by Crippen LogP contribution is 2.46. The summed E-state index contributed by atoms with van der Waals surface area (Å²) in [4.78, 5) is 0. The standard InChI is InChI=1S/C13H27NO2/c1-7-15-9-13(6,14)10-8-11(2,3)16-12(10,4)5/h10H,7-9,14H2,1-6H3. The van der Waals surface area contributed by atoms with Gasteiger partial charge in [0.1, 0.15) is 0 Å². The topological polar surface area (TPSA) is 44.5 Å². The van der Waals surface area contributed by atoms with Crippen LogP contribution in [-0.4, -0.2) is 30.0 Å². The van der Waals surface area contributed by atoms with Crippen molar-refractivity contribution in [2.45, 2.75) is 64.7 Å². The summed E-state index contributed by atoms with van der Waals surface area (Å²) in [5, 5.41) is 0. The molecule has 3 nitrogen and oxygen atoms in total. The Bertz CT molecular complexity index is 246. The minimum atomic E-state index is -0.326. The number of hydrogen-bond acceptors (Lipinski definition) is 3. The molecule has 1 heterocycles. The van der Waals surface area contributed by atoms with Crippen molar-refractivity contribution in [3.8, 4) is 0 Å². The molecule has 2 atom stereocenters. The molecule has 16 heavy (non-hydrogen) atoms. The van der Waals surface area contributed by atoms with Gasteiger partial charge in [-0.05, 0) is 48.0 Å². The lowest BCUT2D eigenvalue weighted by Gasteiger charge is -2.38. The third-order valence-corrected chi connectivity index (χ3v) is 3.49. The fraction of sp³-hybridized carbons (Fsp3) is 1.00. The van der Waals surface area contributed by atoms with Crippen molar-refractivity contribution in [3.63, 3.8) is 0 Å². The van der Waals surface area contributed by atoms with Gasteiger partial charge in [0.25, 0.3) is 0 Å². The third-order valence-electron chi connectivity index (χ3n) is 3.49. The Kier molecular flexibility index (Phi) is 3.73. The lowest BCUT2D eigenvalue weighted by Crippen LogP contribution is -2.54. The van der Waals surface area contributed by atoms with Crippen molar-refractivity contribution in [1.29, 1.82) is 0 Å². The summed E-state index contributed by atoms with van der Waals surface area (Å²) >= 11 is 0. The Hall–Kier alpha value is -0.120. The fourth-order valence-electron chi connectivity index (χ4n) is 3.01. The molecule has 0 amide bonds. The zero-order valence-corrected chi connectivity index (χ0v) is 11.6. The first-order chi connectivity index (χ1) is 7.11. The summed E-state index contributed by atoms with van der Waals surface area (Å²) in [5.74, 6) is 0.321. The molecule has 1 rings (SSSR count). The quantitative estimate of drug-likeness (QED) is 0.804. The van der Waals surface area contributed by atoms with E-state index in [9.17, 15) is 0 Å². The van der Waals surface area contributed by atoms with Gasteiger partial charge in [0, 0.05) is 18.1 Å². The van der Waals surface area contributed by atoms with Crippen molar-refractivity contribution in [1.82, 2.24) is 0 Å². The number of nitrogens with two attached hydrogens (primary N) is 1. The third kappa shape index (κ3) is 2.96. The average Bonchev–Trinajstić information content (AvgIpc) is 2.31. The molecule has 1 fully saturated rings. The highest BCUT2D eigenvalue weighted by Gasteiger charge is 2.52. The van der Waals surface area contributed by atoms with Crippen molar-refractivity contribution < 1.29 is 9.47 Å². The molecule has 2 unspecified atom stereocenters. The van der Waals surface area contributed by atoms with Crippen molar-refractivity contribution in [3.05, 3.63) is 0 Å². The predicted molar refractivity (Wildman–Crippen MR) is 66.4 cm³/mol. The summed E-state index contributed by atoms with van der Waals surface area (Å²) in [5.41, 5.74) is 5.81. The molecule has 0 saturated carbocycles.